The zero-order valence-corrected chi connectivity index (χ0v) is 14.4. The summed E-state index contributed by atoms with van der Waals surface area (Å²) < 4.78 is 1.79. The van der Waals surface area contributed by atoms with Crippen molar-refractivity contribution in [1.82, 2.24) is 25.7 Å². The van der Waals surface area contributed by atoms with Crippen molar-refractivity contribution in [3.8, 4) is 0 Å². The number of benzene rings is 2. The highest BCUT2D eigenvalue weighted by molar-refractivity contribution is 7.80. The van der Waals surface area contributed by atoms with Crippen LogP contribution < -0.4 is 16.2 Å². The quantitative estimate of drug-likeness (QED) is 0.482. The number of aromatic nitrogens is 2. The fourth-order valence-electron chi connectivity index (χ4n) is 2.47. The topological polar surface area (TPSA) is 71.0 Å². The number of carbonyl (C=O) groups excluding carboxylic acids is 1. The number of imidazole rings is 1. The first kappa shape index (κ1) is 16.9. The first-order valence-electron chi connectivity index (χ1n) is 7.99. The van der Waals surface area contributed by atoms with Crippen molar-refractivity contribution >= 4 is 34.3 Å². The molecule has 6 nitrogen and oxygen atoms in total. The van der Waals surface area contributed by atoms with Gasteiger partial charge in [0.05, 0.1) is 17.4 Å². The first-order valence-corrected chi connectivity index (χ1v) is 8.40. The van der Waals surface area contributed by atoms with Gasteiger partial charge in [-0.25, -0.2) is 4.98 Å². The number of amides is 1. The second kappa shape index (κ2) is 8.25. The molecular weight excluding hydrogens is 334 g/mol. The van der Waals surface area contributed by atoms with Crippen molar-refractivity contribution in [3.05, 3.63) is 66.5 Å². The average Bonchev–Trinajstić information content (AvgIpc) is 3.04. The van der Waals surface area contributed by atoms with Gasteiger partial charge in [-0.1, -0.05) is 42.5 Å². The minimum atomic E-state index is -0.199. The number of hydrogen-bond acceptors (Lipinski definition) is 3. The van der Waals surface area contributed by atoms with Crippen LogP contribution in [0, 0.1) is 0 Å². The Kier molecular flexibility index (Phi) is 5.58. The zero-order valence-electron chi connectivity index (χ0n) is 13.6. The van der Waals surface area contributed by atoms with E-state index in [1.165, 1.54) is 5.56 Å². The highest BCUT2D eigenvalue weighted by atomic mass is 32.1. The van der Waals surface area contributed by atoms with Crippen molar-refractivity contribution in [2.45, 2.75) is 13.0 Å². The Morgan fingerprint density at radius 3 is 2.64 bits per heavy atom. The number of hydrogen-bond donors (Lipinski definition) is 3. The number of thiocarbonyl (C=S) groups is 1. The van der Waals surface area contributed by atoms with E-state index in [1.54, 1.807) is 10.9 Å². The molecule has 0 aliphatic carbocycles. The van der Waals surface area contributed by atoms with Gasteiger partial charge in [-0.05, 0) is 36.3 Å². The molecule has 0 atom stereocenters. The molecule has 0 saturated heterocycles. The molecule has 7 heteroatoms. The van der Waals surface area contributed by atoms with E-state index in [9.17, 15) is 4.79 Å². The summed E-state index contributed by atoms with van der Waals surface area (Å²) in [7, 11) is 0. The Hall–Kier alpha value is -2.93. The van der Waals surface area contributed by atoms with Crippen LogP contribution in [0.4, 0.5) is 0 Å². The molecule has 3 N–H and O–H groups in total. The van der Waals surface area contributed by atoms with Crippen LogP contribution in [0.25, 0.3) is 11.0 Å². The summed E-state index contributed by atoms with van der Waals surface area (Å²) in [5, 5.41) is 3.45. The second-order valence-corrected chi connectivity index (χ2v) is 5.93. The lowest BCUT2D eigenvalue weighted by Crippen LogP contribution is -2.48. The Morgan fingerprint density at radius 2 is 1.80 bits per heavy atom. The standard InChI is InChI=1S/C18H19N5OS/c24-17(12-23-13-20-15-8-4-5-9-16(15)23)21-22-18(25)19-11-10-14-6-2-1-3-7-14/h1-9,13H,10-12H2,(H,21,24)(H2,19,22,25). The lowest BCUT2D eigenvalue weighted by Gasteiger charge is -2.12. The van der Waals surface area contributed by atoms with Crippen LogP contribution in [-0.4, -0.2) is 27.1 Å². The largest absolute Gasteiger partial charge is 0.361 e. The van der Waals surface area contributed by atoms with E-state index < -0.39 is 0 Å². The van der Waals surface area contributed by atoms with Crippen molar-refractivity contribution in [1.29, 1.82) is 0 Å². The molecule has 0 bridgehead atoms. The Bertz CT molecular complexity index is 862. The van der Waals surface area contributed by atoms with Gasteiger partial charge in [0.25, 0.3) is 5.91 Å². The summed E-state index contributed by atoms with van der Waals surface area (Å²) in [5.74, 6) is -0.199. The van der Waals surface area contributed by atoms with E-state index in [0.717, 1.165) is 17.5 Å². The van der Waals surface area contributed by atoms with E-state index in [2.05, 4.69) is 33.3 Å². The molecule has 128 valence electrons. The lowest BCUT2D eigenvalue weighted by atomic mass is 10.1. The highest BCUT2D eigenvalue weighted by Crippen LogP contribution is 2.11. The van der Waals surface area contributed by atoms with Gasteiger partial charge in [-0.15, -0.1) is 0 Å². The van der Waals surface area contributed by atoms with Gasteiger partial charge < -0.3 is 9.88 Å². The molecule has 1 aromatic heterocycles. The fraction of sp³-hybridized carbons (Fsp3) is 0.167. The molecule has 25 heavy (non-hydrogen) atoms. The minimum absolute atomic E-state index is 0.167. The van der Waals surface area contributed by atoms with Crippen LogP contribution >= 0.6 is 12.2 Å². The molecule has 0 aliphatic rings. The molecule has 1 heterocycles. The summed E-state index contributed by atoms with van der Waals surface area (Å²) in [6.45, 7) is 0.859. The zero-order chi connectivity index (χ0) is 17.5. The highest BCUT2D eigenvalue weighted by Gasteiger charge is 2.07. The molecule has 0 spiro atoms. The minimum Gasteiger partial charge on any atom is -0.361 e. The Balaban J connectivity index is 1.40. The summed E-state index contributed by atoms with van der Waals surface area (Å²) in [6.07, 6.45) is 2.51. The van der Waals surface area contributed by atoms with Crippen molar-refractivity contribution < 1.29 is 4.79 Å². The number of hydrazine groups is 1. The first-order chi connectivity index (χ1) is 12.2. The van der Waals surface area contributed by atoms with Crippen molar-refractivity contribution in [2.75, 3.05) is 6.54 Å². The number of fused-ring (bicyclic) bond motifs is 1. The van der Waals surface area contributed by atoms with Gasteiger partial charge in [0.2, 0.25) is 0 Å². The van der Waals surface area contributed by atoms with Gasteiger partial charge in [0, 0.05) is 6.54 Å². The maximum atomic E-state index is 12.0. The summed E-state index contributed by atoms with van der Waals surface area (Å²) in [6, 6.07) is 17.8. The molecule has 1 amide bonds. The smallest absolute Gasteiger partial charge is 0.258 e. The van der Waals surface area contributed by atoms with Gasteiger partial charge in [0.1, 0.15) is 6.54 Å². The summed E-state index contributed by atoms with van der Waals surface area (Å²) in [4.78, 5) is 16.3. The average molecular weight is 353 g/mol. The number of rotatable bonds is 5. The Labute approximate surface area is 151 Å². The molecule has 3 rings (SSSR count). The Morgan fingerprint density at radius 1 is 1.04 bits per heavy atom. The van der Waals surface area contributed by atoms with E-state index in [-0.39, 0.29) is 12.5 Å². The summed E-state index contributed by atoms with van der Waals surface area (Å²) >= 11 is 5.16. The maximum Gasteiger partial charge on any atom is 0.258 e. The SMILES string of the molecule is O=C(Cn1cnc2ccccc21)NNC(=S)NCCc1ccccc1. The predicted molar refractivity (Wildman–Crippen MR) is 102 cm³/mol. The van der Waals surface area contributed by atoms with Crippen LogP contribution in [0.1, 0.15) is 5.56 Å². The number of nitrogens with zero attached hydrogens (tertiary/aromatic N) is 2. The van der Waals surface area contributed by atoms with Crippen LogP contribution in [0.3, 0.4) is 0 Å². The molecule has 0 unspecified atom stereocenters. The number of para-hydroxylation sites is 2. The molecule has 0 aliphatic heterocycles. The molecular formula is C18H19N5OS. The van der Waals surface area contributed by atoms with Crippen LogP contribution in [0.5, 0.6) is 0 Å². The van der Waals surface area contributed by atoms with E-state index in [0.29, 0.717) is 11.7 Å². The molecule has 0 saturated carbocycles. The predicted octanol–water partition coefficient (Wildman–Crippen LogP) is 1.77. The second-order valence-electron chi connectivity index (χ2n) is 5.53. The molecule has 2 aromatic carbocycles. The van der Waals surface area contributed by atoms with Gasteiger partial charge in [-0.3, -0.25) is 15.6 Å². The van der Waals surface area contributed by atoms with Crippen LogP contribution in [-0.2, 0) is 17.8 Å². The third kappa shape index (κ3) is 4.77. The third-order valence-electron chi connectivity index (χ3n) is 3.70. The fourth-order valence-corrected chi connectivity index (χ4v) is 2.62. The monoisotopic (exact) mass is 353 g/mol. The van der Waals surface area contributed by atoms with Crippen LogP contribution in [0.2, 0.25) is 0 Å². The van der Waals surface area contributed by atoms with Crippen molar-refractivity contribution in [2.24, 2.45) is 0 Å². The van der Waals surface area contributed by atoms with E-state index in [4.69, 9.17) is 12.2 Å². The number of nitrogens with one attached hydrogen (secondary N) is 3. The van der Waals surface area contributed by atoms with Gasteiger partial charge >= 0.3 is 0 Å². The van der Waals surface area contributed by atoms with Gasteiger partial charge in [0.15, 0.2) is 5.11 Å². The lowest BCUT2D eigenvalue weighted by molar-refractivity contribution is -0.122. The third-order valence-corrected chi connectivity index (χ3v) is 3.95. The molecule has 0 fully saturated rings. The van der Waals surface area contributed by atoms with Gasteiger partial charge in [-0.2, -0.15) is 0 Å². The summed E-state index contributed by atoms with van der Waals surface area (Å²) in [5.41, 5.74) is 8.32. The van der Waals surface area contributed by atoms with Crippen molar-refractivity contribution in [3.63, 3.8) is 0 Å². The molecule has 3 aromatic rings. The van der Waals surface area contributed by atoms with E-state index >= 15 is 0 Å². The maximum absolute atomic E-state index is 12.0. The van der Waals surface area contributed by atoms with Crippen LogP contribution in [0.15, 0.2) is 60.9 Å². The number of carbonyl (C=O) groups is 1. The van der Waals surface area contributed by atoms with E-state index in [1.807, 2.05) is 42.5 Å². The normalized spacial score (nSPS) is 10.4. The molecule has 0 radical (unpaired) electrons.